The van der Waals surface area contributed by atoms with Crippen LogP contribution < -0.4 is 16.0 Å². The summed E-state index contributed by atoms with van der Waals surface area (Å²) in [5.41, 5.74) is 3.74. The number of pyridine rings is 1. The molecular formula is C20H21N3O3. The number of rotatable bonds is 0. The molecule has 3 aromatic rings. The van der Waals surface area contributed by atoms with E-state index in [9.17, 15) is 9.59 Å². The maximum atomic E-state index is 12.6. The molecule has 0 atom stereocenters. The second kappa shape index (κ2) is 5.30. The minimum atomic E-state index is -0.383. The van der Waals surface area contributed by atoms with Gasteiger partial charge in [0, 0.05) is 25.2 Å². The number of hydrogen-bond acceptors (Lipinski definition) is 4. The molecule has 0 fully saturated rings. The zero-order valence-electron chi connectivity index (χ0n) is 15.6. The van der Waals surface area contributed by atoms with Crippen LogP contribution >= 0.6 is 0 Å². The van der Waals surface area contributed by atoms with E-state index < -0.39 is 0 Å². The quantitative estimate of drug-likeness (QED) is 0.624. The molecule has 6 nitrogen and oxygen atoms in total. The summed E-state index contributed by atoms with van der Waals surface area (Å²) < 4.78 is 8.42. The van der Waals surface area contributed by atoms with E-state index in [1.807, 2.05) is 12.1 Å². The second-order valence-electron chi connectivity index (χ2n) is 7.82. The normalized spacial score (nSPS) is 13.3. The van der Waals surface area contributed by atoms with Crippen molar-refractivity contribution in [3.8, 4) is 17.0 Å². The van der Waals surface area contributed by atoms with Crippen LogP contribution in [0.3, 0.4) is 0 Å². The summed E-state index contributed by atoms with van der Waals surface area (Å²) in [6, 6.07) is 7.95. The molecule has 1 aliphatic rings. The average Bonchev–Trinajstić information content (AvgIpc) is 2.62. The molecule has 0 aliphatic carbocycles. The van der Waals surface area contributed by atoms with Crippen LogP contribution in [0.4, 0.5) is 0 Å². The van der Waals surface area contributed by atoms with Crippen LogP contribution in [0, 0.1) is 0 Å². The van der Waals surface area contributed by atoms with Crippen molar-refractivity contribution in [2.24, 2.45) is 14.1 Å². The van der Waals surface area contributed by atoms with Crippen LogP contribution in [0.15, 0.2) is 33.9 Å². The van der Waals surface area contributed by atoms with Crippen molar-refractivity contribution in [1.82, 2.24) is 14.1 Å². The van der Waals surface area contributed by atoms with Crippen molar-refractivity contribution in [3.63, 3.8) is 0 Å². The first kappa shape index (κ1) is 16.6. The lowest BCUT2D eigenvalue weighted by molar-refractivity contribution is 0.301. The number of benzene rings is 1. The smallest absolute Gasteiger partial charge is 0.331 e. The van der Waals surface area contributed by atoms with Crippen molar-refractivity contribution in [2.45, 2.75) is 32.8 Å². The van der Waals surface area contributed by atoms with Gasteiger partial charge in [-0.25, -0.2) is 9.78 Å². The van der Waals surface area contributed by atoms with E-state index in [4.69, 9.17) is 4.74 Å². The first-order valence-corrected chi connectivity index (χ1v) is 8.56. The third-order valence-electron chi connectivity index (χ3n) is 5.01. The first-order valence-electron chi connectivity index (χ1n) is 8.56. The van der Waals surface area contributed by atoms with Crippen molar-refractivity contribution in [1.29, 1.82) is 0 Å². The fraction of sp³-hybridized carbons (Fsp3) is 0.350. The zero-order valence-corrected chi connectivity index (χ0v) is 15.6. The molecule has 4 rings (SSSR count). The number of aromatic nitrogens is 3. The maximum absolute atomic E-state index is 12.6. The van der Waals surface area contributed by atoms with Gasteiger partial charge in [-0.3, -0.25) is 13.9 Å². The van der Waals surface area contributed by atoms with Crippen molar-refractivity contribution >= 4 is 11.0 Å². The molecule has 134 valence electrons. The van der Waals surface area contributed by atoms with Gasteiger partial charge in [0.2, 0.25) is 0 Å². The SMILES string of the molecule is Cn1c(=O)c2nc3c(cc2n(C)c1=O)COc1ccc(C(C)(C)C)cc1-3. The Bertz CT molecular complexity index is 1180. The summed E-state index contributed by atoms with van der Waals surface area (Å²) in [6.07, 6.45) is 0. The van der Waals surface area contributed by atoms with E-state index in [-0.39, 0.29) is 16.7 Å². The number of nitrogens with zero attached hydrogens (tertiary/aromatic N) is 3. The molecule has 6 heteroatoms. The Balaban J connectivity index is 2.07. The molecule has 0 amide bonds. The molecule has 0 saturated heterocycles. The Kier molecular flexibility index (Phi) is 3.38. The lowest BCUT2D eigenvalue weighted by Gasteiger charge is -2.25. The van der Waals surface area contributed by atoms with Gasteiger partial charge in [-0.15, -0.1) is 0 Å². The summed E-state index contributed by atoms with van der Waals surface area (Å²) in [6.45, 7) is 6.82. The van der Waals surface area contributed by atoms with E-state index in [1.165, 1.54) is 17.2 Å². The van der Waals surface area contributed by atoms with Gasteiger partial charge < -0.3 is 4.74 Å². The lowest BCUT2D eigenvalue weighted by Crippen LogP contribution is -2.37. The van der Waals surface area contributed by atoms with E-state index >= 15 is 0 Å². The summed E-state index contributed by atoms with van der Waals surface area (Å²) in [5, 5.41) is 0. The lowest BCUT2D eigenvalue weighted by atomic mass is 9.85. The van der Waals surface area contributed by atoms with Gasteiger partial charge >= 0.3 is 5.69 Å². The fourth-order valence-electron chi connectivity index (χ4n) is 3.34. The molecule has 1 aliphatic heterocycles. The summed E-state index contributed by atoms with van der Waals surface area (Å²) in [5.74, 6) is 0.763. The molecule has 0 spiro atoms. The second-order valence-corrected chi connectivity index (χ2v) is 7.82. The number of hydrogen-bond donors (Lipinski definition) is 0. The third-order valence-corrected chi connectivity index (χ3v) is 5.01. The van der Waals surface area contributed by atoms with Crippen LogP contribution in [0.25, 0.3) is 22.3 Å². The predicted octanol–water partition coefficient (Wildman–Crippen LogP) is 2.49. The molecule has 3 heterocycles. The topological polar surface area (TPSA) is 66.1 Å². The molecule has 0 unspecified atom stereocenters. The molecule has 0 bridgehead atoms. The minimum Gasteiger partial charge on any atom is -0.488 e. The number of fused-ring (bicyclic) bond motifs is 4. The van der Waals surface area contributed by atoms with E-state index in [2.05, 4.69) is 37.9 Å². The Hall–Kier alpha value is -2.89. The highest BCUT2D eigenvalue weighted by atomic mass is 16.5. The van der Waals surface area contributed by atoms with Crippen LogP contribution in [0.2, 0.25) is 0 Å². The largest absolute Gasteiger partial charge is 0.488 e. The standard InChI is InChI=1S/C20H21N3O3/c1-20(2,3)12-6-7-15-13(9-12)16-11(10-26-15)8-14-17(21-16)18(24)23(5)19(25)22(14)4/h6-9H,10H2,1-5H3. The average molecular weight is 351 g/mol. The molecule has 26 heavy (non-hydrogen) atoms. The van der Waals surface area contributed by atoms with Gasteiger partial charge in [0.25, 0.3) is 5.56 Å². The molecule has 0 saturated carbocycles. The van der Waals surface area contributed by atoms with Gasteiger partial charge in [-0.2, -0.15) is 0 Å². The van der Waals surface area contributed by atoms with Crippen LogP contribution in [0.1, 0.15) is 31.9 Å². The third kappa shape index (κ3) is 2.29. The zero-order chi connectivity index (χ0) is 18.8. The monoisotopic (exact) mass is 351 g/mol. The van der Waals surface area contributed by atoms with Gasteiger partial charge in [0.15, 0.2) is 5.52 Å². The summed E-state index contributed by atoms with van der Waals surface area (Å²) >= 11 is 0. The fourth-order valence-corrected chi connectivity index (χ4v) is 3.34. The molecular weight excluding hydrogens is 330 g/mol. The Labute approximate surface area is 150 Å². The Morgan fingerprint density at radius 3 is 2.50 bits per heavy atom. The molecule has 0 radical (unpaired) electrons. The van der Waals surface area contributed by atoms with Crippen LogP contribution in [-0.2, 0) is 26.1 Å². The van der Waals surface area contributed by atoms with Gasteiger partial charge in [-0.1, -0.05) is 26.8 Å². The van der Waals surface area contributed by atoms with E-state index in [0.29, 0.717) is 17.6 Å². The van der Waals surface area contributed by atoms with Gasteiger partial charge in [0.1, 0.15) is 12.4 Å². The van der Waals surface area contributed by atoms with Crippen molar-refractivity contribution < 1.29 is 4.74 Å². The van der Waals surface area contributed by atoms with Gasteiger partial charge in [0.05, 0.1) is 11.2 Å². The van der Waals surface area contributed by atoms with E-state index in [0.717, 1.165) is 27.1 Å². The highest BCUT2D eigenvalue weighted by Crippen LogP contribution is 2.39. The number of aryl methyl sites for hydroxylation is 1. The van der Waals surface area contributed by atoms with Gasteiger partial charge in [-0.05, 0) is 29.2 Å². The summed E-state index contributed by atoms with van der Waals surface area (Å²) in [4.78, 5) is 29.4. The maximum Gasteiger partial charge on any atom is 0.331 e. The predicted molar refractivity (Wildman–Crippen MR) is 101 cm³/mol. The highest BCUT2D eigenvalue weighted by molar-refractivity contribution is 5.82. The van der Waals surface area contributed by atoms with E-state index in [1.54, 1.807) is 7.05 Å². The first-order chi connectivity index (χ1) is 12.2. The minimum absolute atomic E-state index is 0.0104. The van der Waals surface area contributed by atoms with Crippen molar-refractivity contribution in [3.05, 3.63) is 56.2 Å². The molecule has 0 N–H and O–H groups in total. The van der Waals surface area contributed by atoms with Crippen LogP contribution in [-0.4, -0.2) is 14.1 Å². The number of ether oxygens (including phenoxy) is 1. The summed E-state index contributed by atoms with van der Waals surface area (Å²) in [7, 11) is 3.12. The highest BCUT2D eigenvalue weighted by Gasteiger charge is 2.24. The van der Waals surface area contributed by atoms with Crippen molar-refractivity contribution in [2.75, 3.05) is 0 Å². The van der Waals surface area contributed by atoms with Crippen LogP contribution in [0.5, 0.6) is 5.75 Å². The molecule has 2 aromatic heterocycles. The Morgan fingerprint density at radius 1 is 1.08 bits per heavy atom. The Morgan fingerprint density at radius 2 is 1.81 bits per heavy atom. The molecule has 1 aromatic carbocycles.